The minimum atomic E-state index is 0.776. The van der Waals surface area contributed by atoms with Gasteiger partial charge in [-0.3, -0.25) is 4.90 Å². The summed E-state index contributed by atoms with van der Waals surface area (Å²) in [7, 11) is 4.44. The molecule has 3 fully saturated rings. The topological polar surface area (TPSA) is 18.5 Å². The van der Waals surface area contributed by atoms with Crippen LogP contribution in [0.15, 0.2) is 0 Å². The zero-order valence-corrected chi connectivity index (χ0v) is 12.1. The molecule has 0 amide bonds. The number of fused-ring (bicyclic) bond motifs is 2. The second-order valence-electron chi connectivity index (χ2n) is 6.70. The van der Waals surface area contributed by atoms with Crippen molar-refractivity contribution < 1.29 is 0 Å². The van der Waals surface area contributed by atoms with Gasteiger partial charge in [0, 0.05) is 30.7 Å². The molecule has 3 atom stereocenters. The van der Waals surface area contributed by atoms with Crippen LogP contribution in [0.2, 0.25) is 0 Å². The highest BCUT2D eigenvalue weighted by Crippen LogP contribution is 2.37. The maximum Gasteiger partial charge on any atom is 0.0229 e. The van der Waals surface area contributed by atoms with Gasteiger partial charge in [-0.25, -0.2) is 0 Å². The molecule has 0 aromatic rings. The predicted octanol–water partition coefficient (Wildman–Crippen LogP) is 1.69. The van der Waals surface area contributed by atoms with Gasteiger partial charge in [0.05, 0.1) is 0 Å². The van der Waals surface area contributed by atoms with Gasteiger partial charge >= 0.3 is 0 Å². The van der Waals surface area contributed by atoms with Crippen LogP contribution in [0.1, 0.15) is 44.9 Å². The van der Waals surface area contributed by atoms with Gasteiger partial charge in [-0.05, 0) is 59.2 Å². The molecule has 0 saturated carbocycles. The monoisotopic (exact) mass is 251 g/mol. The Balaban J connectivity index is 1.71. The highest BCUT2D eigenvalue weighted by molar-refractivity contribution is 4.98. The van der Waals surface area contributed by atoms with Crippen molar-refractivity contribution in [1.82, 2.24) is 15.1 Å². The molecule has 0 aromatic carbocycles. The normalized spacial score (nSPS) is 43.0. The van der Waals surface area contributed by atoms with E-state index in [0.717, 1.165) is 24.2 Å². The van der Waals surface area contributed by atoms with E-state index in [-0.39, 0.29) is 0 Å². The van der Waals surface area contributed by atoms with E-state index in [1.807, 2.05) is 0 Å². The largest absolute Gasteiger partial charge is 0.317 e. The second kappa shape index (κ2) is 5.48. The van der Waals surface area contributed by atoms with Gasteiger partial charge in [0.25, 0.3) is 0 Å². The van der Waals surface area contributed by atoms with E-state index < -0.39 is 0 Å². The molecule has 0 aliphatic carbocycles. The SMILES string of the molecule is CNC1CC2CCCC(C1)N2C1CCCN(C)C1. The van der Waals surface area contributed by atoms with Crippen LogP contribution in [0.4, 0.5) is 0 Å². The Morgan fingerprint density at radius 2 is 1.61 bits per heavy atom. The van der Waals surface area contributed by atoms with Crippen molar-refractivity contribution in [3.63, 3.8) is 0 Å². The van der Waals surface area contributed by atoms with E-state index in [9.17, 15) is 0 Å². The molecular formula is C15H29N3. The number of piperidine rings is 3. The quantitative estimate of drug-likeness (QED) is 0.806. The Morgan fingerprint density at radius 3 is 2.22 bits per heavy atom. The zero-order chi connectivity index (χ0) is 12.5. The van der Waals surface area contributed by atoms with Crippen LogP contribution in [0.3, 0.4) is 0 Å². The van der Waals surface area contributed by atoms with E-state index in [1.54, 1.807) is 0 Å². The second-order valence-corrected chi connectivity index (χ2v) is 6.70. The minimum absolute atomic E-state index is 0.776. The van der Waals surface area contributed by atoms with Crippen molar-refractivity contribution in [2.75, 3.05) is 27.2 Å². The molecular weight excluding hydrogens is 222 g/mol. The maximum atomic E-state index is 3.53. The van der Waals surface area contributed by atoms with Gasteiger partial charge in [-0.2, -0.15) is 0 Å². The fourth-order valence-corrected chi connectivity index (χ4v) is 4.63. The van der Waals surface area contributed by atoms with Gasteiger partial charge in [0.2, 0.25) is 0 Å². The fraction of sp³-hybridized carbons (Fsp3) is 1.00. The number of hydrogen-bond acceptors (Lipinski definition) is 3. The highest BCUT2D eigenvalue weighted by Gasteiger charge is 2.41. The molecule has 3 rings (SSSR count). The summed E-state index contributed by atoms with van der Waals surface area (Å²) in [6, 6.07) is 3.35. The van der Waals surface area contributed by atoms with Crippen LogP contribution in [-0.4, -0.2) is 61.2 Å². The van der Waals surface area contributed by atoms with Crippen LogP contribution in [0.5, 0.6) is 0 Å². The van der Waals surface area contributed by atoms with E-state index >= 15 is 0 Å². The molecule has 3 nitrogen and oxygen atoms in total. The predicted molar refractivity (Wildman–Crippen MR) is 75.9 cm³/mol. The van der Waals surface area contributed by atoms with Gasteiger partial charge in [0.1, 0.15) is 0 Å². The zero-order valence-electron chi connectivity index (χ0n) is 12.1. The molecule has 1 N–H and O–H groups in total. The van der Waals surface area contributed by atoms with Crippen LogP contribution in [0, 0.1) is 0 Å². The first-order valence-corrected chi connectivity index (χ1v) is 7.91. The van der Waals surface area contributed by atoms with E-state index in [0.29, 0.717) is 0 Å². The highest BCUT2D eigenvalue weighted by atomic mass is 15.3. The average molecular weight is 251 g/mol. The van der Waals surface area contributed by atoms with Crippen LogP contribution < -0.4 is 5.32 Å². The molecule has 0 aromatic heterocycles. The van der Waals surface area contributed by atoms with Gasteiger partial charge in [-0.15, -0.1) is 0 Å². The summed E-state index contributed by atoms with van der Waals surface area (Å²) >= 11 is 0. The van der Waals surface area contributed by atoms with Crippen molar-refractivity contribution >= 4 is 0 Å². The van der Waals surface area contributed by atoms with Crippen molar-refractivity contribution in [1.29, 1.82) is 0 Å². The summed E-state index contributed by atoms with van der Waals surface area (Å²) in [5.74, 6) is 0. The number of hydrogen-bond donors (Lipinski definition) is 1. The number of likely N-dealkylation sites (N-methyl/N-ethyl adjacent to an activating group) is 1. The summed E-state index contributed by atoms with van der Waals surface area (Å²) in [6.07, 6.45) is 9.93. The lowest BCUT2D eigenvalue weighted by Gasteiger charge is -2.53. The number of likely N-dealkylation sites (tertiary alicyclic amines) is 1. The molecule has 3 unspecified atom stereocenters. The minimum Gasteiger partial charge on any atom is -0.317 e. The molecule has 3 aliphatic heterocycles. The summed E-state index contributed by atoms with van der Waals surface area (Å²) in [5.41, 5.74) is 0. The Kier molecular flexibility index (Phi) is 3.92. The average Bonchev–Trinajstić information content (AvgIpc) is 2.37. The molecule has 2 bridgehead atoms. The molecule has 18 heavy (non-hydrogen) atoms. The number of nitrogens with one attached hydrogen (secondary N) is 1. The van der Waals surface area contributed by atoms with Crippen molar-refractivity contribution in [3.05, 3.63) is 0 Å². The van der Waals surface area contributed by atoms with Crippen molar-refractivity contribution in [3.8, 4) is 0 Å². The third-order valence-corrected chi connectivity index (χ3v) is 5.46. The summed E-state index contributed by atoms with van der Waals surface area (Å²) in [5, 5.41) is 3.53. The van der Waals surface area contributed by atoms with Crippen LogP contribution >= 0.6 is 0 Å². The lowest BCUT2D eigenvalue weighted by molar-refractivity contribution is -0.0305. The van der Waals surface area contributed by atoms with Gasteiger partial charge in [-0.1, -0.05) is 6.42 Å². The standard InChI is InChI=1S/C15H29N3/c1-16-12-9-13-5-3-6-14(10-12)18(13)15-7-4-8-17(2)11-15/h12-16H,3-11H2,1-2H3. The summed E-state index contributed by atoms with van der Waals surface area (Å²) < 4.78 is 0. The first-order chi connectivity index (χ1) is 8.78. The van der Waals surface area contributed by atoms with E-state index in [4.69, 9.17) is 0 Å². The third-order valence-electron chi connectivity index (χ3n) is 5.46. The van der Waals surface area contributed by atoms with Gasteiger partial charge < -0.3 is 10.2 Å². The molecule has 0 spiro atoms. The molecule has 3 saturated heterocycles. The lowest BCUT2D eigenvalue weighted by Crippen LogP contribution is -2.61. The molecule has 3 heterocycles. The number of nitrogens with zero attached hydrogens (tertiary/aromatic N) is 2. The summed E-state index contributed by atoms with van der Waals surface area (Å²) in [4.78, 5) is 5.47. The van der Waals surface area contributed by atoms with Gasteiger partial charge in [0.15, 0.2) is 0 Å². The smallest absolute Gasteiger partial charge is 0.0229 e. The first-order valence-electron chi connectivity index (χ1n) is 7.91. The number of rotatable bonds is 2. The summed E-state index contributed by atoms with van der Waals surface area (Å²) in [6.45, 7) is 2.61. The van der Waals surface area contributed by atoms with Crippen LogP contribution in [-0.2, 0) is 0 Å². The maximum absolute atomic E-state index is 3.53. The Morgan fingerprint density at radius 1 is 0.944 bits per heavy atom. The Labute approximate surface area is 112 Å². The first kappa shape index (κ1) is 12.9. The third kappa shape index (κ3) is 2.45. The Hall–Kier alpha value is -0.120. The van der Waals surface area contributed by atoms with E-state index in [2.05, 4.69) is 29.2 Å². The van der Waals surface area contributed by atoms with Crippen molar-refractivity contribution in [2.24, 2.45) is 0 Å². The lowest BCUT2D eigenvalue weighted by atomic mass is 9.80. The van der Waals surface area contributed by atoms with Crippen LogP contribution in [0.25, 0.3) is 0 Å². The van der Waals surface area contributed by atoms with Crippen molar-refractivity contribution in [2.45, 2.75) is 69.1 Å². The molecule has 3 heteroatoms. The fourth-order valence-electron chi connectivity index (χ4n) is 4.63. The van der Waals surface area contributed by atoms with E-state index in [1.165, 1.54) is 58.0 Å². The Bertz CT molecular complexity index is 267. The molecule has 104 valence electrons. The molecule has 3 aliphatic rings. The molecule has 0 radical (unpaired) electrons.